The van der Waals surface area contributed by atoms with E-state index < -0.39 is 22.9 Å². The summed E-state index contributed by atoms with van der Waals surface area (Å²) in [5.41, 5.74) is -0.394. The summed E-state index contributed by atoms with van der Waals surface area (Å²) in [6.07, 6.45) is 4.92. The second-order valence-electron chi connectivity index (χ2n) is 8.31. The molecule has 3 aromatic carbocycles. The first-order valence-electron chi connectivity index (χ1n) is 11.2. The highest BCUT2D eigenvalue weighted by molar-refractivity contribution is 6.47. The number of benzene rings is 3. The van der Waals surface area contributed by atoms with Gasteiger partial charge in [-0.2, -0.15) is 0 Å². The van der Waals surface area contributed by atoms with Gasteiger partial charge in [-0.05, 0) is 24.0 Å². The van der Waals surface area contributed by atoms with Gasteiger partial charge in [-0.3, -0.25) is 14.4 Å². The Morgan fingerprint density at radius 1 is 0.656 bits per heavy atom. The summed E-state index contributed by atoms with van der Waals surface area (Å²) in [5, 5.41) is 2.93. The molecule has 1 amide bonds. The average Bonchev–Trinajstić information content (AvgIpc) is 2.87. The van der Waals surface area contributed by atoms with Crippen LogP contribution in [-0.4, -0.2) is 23.5 Å². The maximum absolute atomic E-state index is 14.1. The van der Waals surface area contributed by atoms with Gasteiger partial charge in [-0.1, -0.05) is 110 Å². The van der Waals surface area contributed by atoms with E-state index >= 15 is 0 Å². The summed E-state index contributed by atoms with van der Waals surface area (Å²) in [6.45, 7) is 0. The van der Waals surface area contributed by atoms with Crippen LogP contribution in [0.1, 0.15) is 53.6 Å². The number of amides is 1. The molecule has 0 radical (unpaired) electrons. The van der Waals surface area contributed by atoms with Gasteiger partial charge in [-0.15, -0.1) is 0 Å². The van der Waals surface area contributed by atoms with E-state index in [1.165, 1.54) is 0 Å². The first-order chi connectivity index (χ1) is 15.6. The molecule has 3 aromatic rings. The molecule has 0 bridgehead atoms. The van der Waals surface area contributed by atoms with E-state index in [0.717, 1.165) is 32.1 Å². The molecule has 1 aliphatic carbocycles. The van der Waals surface area contributed by atoms with Crippen LogP contribution in [0.2, 0.25) is 0 Å². The van der Waals surface area contributed by atoms with Crippen molar-refractivity contribution in [3.8, 4) is 0 Å². The predicted octanol–water partition coefficient (Wildman–Crippen LogP) is 4.87. The smallest absolute Gasteiger partial charge is 0.289 e. The van der Waals surface area contributed by atoms with Crippen LogP contribution in [-0.2, 0) is 15.0 Å². The number of carbonyl (C=O) groups is 3. The molecule has 1 N–H and O–H groups in total. The van der Waals surface area contributed by atoms with Gasteiger partial charge in [0, 0.05) is 11.6 Å². The number of hydrogen-bond donors (Lipinski definition) is 1. The second kappa shape index (κ2) is 9.73. The predicted molar refractivity (Wildman–Crippen MR) is 124 cm³/mol. The zero-order valence-electron chi connectivity index (χ0n) is 18.0. The lowest BCUT2D eigenvalue weighted by Crippen LogP contribution is -2.53. The third kappa shape index (κ3) is 4.13. The molecule has 0 aliphatic heterocycles. The normalized spacial score (nSPS) is 14.5. The second-order valence-corrected chi connectivity index (χ2v) is 8.31. The van der Waals surface area contributed by atoms with Crippen LogP contribution in [0.25, 0.3) is 0 Å². The van der Waals surface area contributed by atoms with E-state index in [2.05, 4.69) is 5.32 Å². The summed E-state index contributed by atoms with van der Waals surface area (Å²) >= 11 is 0. The van der Waals surface area contributed by atoms with E-state index in [-0.39, 0.29) is 6.04 Å². The van der Waals surface area contributed by atoms with Crippen LogP contribution in [0.15, 0.2) is 91.0 Å². The maximum Gasteiger partial charge on any atom is 0.289 e. The highest BCUT2D eigenvalue weighted by Crippen LogP contribution is 2.37. The van der Waals surface area contributed by atoms with E-state index in [9.17, 15) is 14.4 Å². The SMILES string of the molecule is O=C(NC1CCCCC1)C(=O)C(C(=O)c1ccccc1)(c1ccccc1)c1ccccc1. The van der Waals surface area contributed by atoms with Crippen LogP contribution in [0.4, 0.5) is 0 Å². The fourth-order valence-electron chi connectivity index (χ4n) is 4.64. The van der Waals surface area contributed by atoms with Gasteiger partial charge in [0.1, 0.15) is 0 Å². The number of hydrogen-bond acceptors (Lipinski definition) is 3. The lowest BCUT2D eigenvalue weighted by atomic mass is 9.66. The number of rotatable bonds is 7. The number of Topliss-reactive ketones (excluding diaryl/α,β-unsaturated/α-hetero) is 2. The summed E-state index contributed by atoms with van der Waals surface area (Å²) in [4.78, 5) is 41.5. The van der Waals surface area contributed by atoms with Crippen LogP contribution in [0.5, 0.6) is 0 Å². The lowest BCUT2D eigenvalue weighted by Gasteiger charge is -2.32. The molecular formula is C28H27NO3. The summed E-state index contributed by atoms with van der Waals surface area (Å²) in [6, 6.07) is 26.5. The first kappa shape index (κ1) is 21.7. The van der Waals surface area contributed by atoms with E-state index in [1.54, 1.807) is 72.8 Å². The zero-order chi connectivity index (χ0) is 22.4. The Kier molecular flexibility index (Phi) is 6.60. The number of nitrogens with one attached hydrogen (secondary N) is 1. The highest BCUT2D eigenvalue weighted by atomic mass is 16.2. The fourth-order valence-corrected chi connectivity index (χ4v) is 4.64. The van der Waals surface area contributed by atoms with Crippen molar-refractivity contribution in [1.29, 1.82) is 0 Å². The lowest BCUT2D eigenvalue weighted by molar-refractivity contribution is -0.140. The van der Waals surface area contributed by atoms with Gasteiger partial charge in [0.15, 0.2) is 11.2 Å². The maximum atomic E-state index is 14.1. The summed E-state index contributed by atoms with van der Waals surface area (Å²) < 4.78 is 0. The molecule has 0 aromatic heterocycles. The molecule has 0 spiro atoms. The van der Waals surface area contributed by atoms with Crippen molar-refractivity contribution < 1.29 is 14.4 Å². The van der Waals surface area contributed by atoms with Crippen molar-refractivity contribution in [2.24, 2.45) is 0 Å². The minimum absolute atomic E-state index is 0.0312. The van der Waals surface area contributed by atoms with Crippen molar-refractivity contribution in [3.63, 3.8) is 0 Å². The molecule has 32 heavy (non-hydrogen) atoms. The molecule has 0 saturated heterocycles. The monoisotopic (exact) mass is 425 g/mol. The Bertz CT molecular complexity index is 1030. The highest BCUT2D eigenvalue weighted by Gasteiger charge is 2.51. The minimum atomic E-state index is -1.76. The van der Waals surface area contributed by atoms with Crippen molar-refractivity contribution in [2.45, 2.75) is 43.6 Å². The third-order valence-electron chi connectivity index (χ3n) is 6.28. The van der Waals surface area contributed by atoms with E-state index in [1.807, 2.05) is 18.2 Å². The molecule has 4 heteroatoms. The van der Waals surface area contributed by atoms with Crippen molar-refractivity contribution in [1.82, 2.24) is 5.32 Å². The molecule has 1 fully saturated rings. The number of carbonyl (C=O) groups excluding carboxylic acids is 3. The number of ketones is 2. The Morgan fingerprint density at radius 2 is 1.12 bits per heavy atom. The third-order valence-corrected chi connectivity index (χ3v) is 6.28. The largest absolute Gasteiger partial charge is 0.347 e. The Balaban J connectivity index is 1.87. The van der Waals surface area contributed by atoms with Gasteiger partial charge < -0.3 is 5.32 Å². The molecule has 4 rings (SSSR count). The van der Waals surface area contributed by atoms with Crippen molar-refractivity contribution in [2.75, 3.05) is 0 Å². The van der Waals surface area contributed by atoms with Crippen LogP contribution < -0.4 is 5.32 Å². The van der Waals surface area contributed by atoms with Gasteiger partial charge >= 0.3 is 0 Å². The molecule has 1 saturated carbocycles. The van der Waals surface area contributed by atoms with Gasteiger partial charge in [0.05, 0.1) is 0 Å². The van der Waals surface area contributed by atoms with Crippen LogP contribution in [0.3, 0.4) is 0 Å². The molecule has 0 atom stereocenters. The Morgan fingerprint density at radius 3 is 1.62 bits per heavy atom. The van der Waals surface area contributed by atoms with E-state index in [0.29, 0.717) is 16.7 Å². The fraction of sp³-hybridized carbons (Fsp3) is 0.250. The quantitative estimate of drug-likeness (QED) is 0.334. The van der Waals surface area contributed by atoms with Gasteiger partial charge in [-0.25, -0.2) is 0 Å². The van der Waals surface area contributed by atoms with Crippen molar-refractivity contribution >= 4 is 17.5 Å². The molecule has 4 nitrogen and oxygen atoms in total. The first-order valence-corrected chi connectivity index (χ1v) is 11.2. The summed E-state index contributed by atoms with van der Waals surface area (Å²) in [7, 11) is 0. The van der Waals surface area contributed by atoms with Gasteiger partial charge in [0.25, 0.3) is 5.91 Å². The minimum Gasteiger partial charge on any atom is -0.347 e. The zero-order valence-corrected chi connectivity index (χ0v) is 18.0. The molecule has 162 valence electrons. The molecule has 0 unspecified atom stereocenters. The Labute approximate surface area is 188 Å². The molecule has 1 aliphatic rings. The average molecular weight is 426 g/mol. The van der Waals surface area contributed by atoms with Crippen LogP contribution in [0, 0.1) is 0 Å². The van der Waals surface area contributed by atoms with Crippen LogP contribution >= 0.6 is 0 Å². The van der Waals surface area contributed by atoms with Gasteiger partial charge in [0.2, 0.25) is 5.78 Å². The topological polar surface area (TPSA) is 63.2 Å². The molecule has 0 heterocycles. The molecular weight excluding hydrogens is 398 g/mol. The Hall–Kier alpha value is -3.53. The standard InChI is InChI=1S/C28H27NO3/c30-25(21-13-5-1-6-14-21)28(22-15-7-2-8-16-22,23-17-9-3-10-18-23)26(31)27(32)29-24-19-11-4-12-20-24/h1-3,5-10,13-18,24H,4,11-12,19-20H2,(H,29,32). The van der Waals surface area contributed by atoms with Crippen molar-refractivity contribution in [3.05, 3.63) is 108 Å². The summed E-state index contributed by atoms with van der Waals surface area (Å²) in [5.74, 6) is -1.84. The van der Waals surface area contributed by atoms with E-state index in [4.69, 9.17) is 0 Å².